The third-order valence-electron chi connectivity index (χ3n) is 4.24. The van der Waals surface area contributed by atoms with Gasteiger partial charge in [-0.2, -0.15) is 18.2 Å². The molecule has 0 spiro atoms. The van der Waals surface area contributed by atoms with Crippen molar-refractivity contribution in [1.29, 1.82) is 0 Å². The number of benzene rings is 2. The number of halogens is 3. The van der Waals surface area contributed by atoms with E-state index in [2.05, 4.69) is 20.5 Å². The predicted molar refractivity (Wildman–Crippen MR) is 90.8 cm³/mol. The summed E-state index contributed by atoms with van der Waals surface area (Å²) in [6.07, 6.45) is -4.70. The number of aliphatic hydroxyl groups is 1. The number of fused-ring (bicyclic) bond motifs is 1. The van der Waals surface area contributed by atoms with Crippen LogP contribution in [-0.2, 0) is 12.6 Å². The summed E-state index contributed by atoms with van der Waals surface area (Å²) in [5.74, 6) is 1.05. The van der Waals surface area contributed by atoms with Crippen LogP contribution in [0, 0.1) is 0 Å². The zero-order chi connectivity index (χ0) is 19.0. The Morgan fingerprint density at radius 3 is 2.85 bits per heavy atom. The van der Waals surface area contributed by atoms with Crippen molar-refractivity contribution in [2.45, 2.75) is 18.7 Å². The second kappa shape index (κ2) is 6.58. The lowest BCUT2D eigenvalue weighted by molar-refractivity contribution is -0.137. The minimum atomic E-state index is -4.44. The maximum atomic E-state index is 12.8. The fraction of sp³-hybridized carbons (Fsp3) is 0.222. The number of aromatic amines is 1. The van der Waals surface area contributed by atoms with Crippen LogP contribution in [0.3, 0.4) is 0 Å². The predicted octanol–water partition coefficient (Wildman–Crippen LogP) is 3.58. The van der Waals surface area contributed by atoms with Crippen LogP contribution in [0.15, 0.2) is 42.5 Å². The summed E-state index contributed by atoms with van der Waals surface area (Å²) >= 11 is 0. The van der Waals surface area contributed by atoms with Crippen molar-refractivity contribution in [2.75, 3.05) is 11.9 Å². The van der Waals surface area contributed by atoms with Gasteiger partial charge in [0.25, 0.3) is 0 Å². The van der Waals surface area contributed by atoms with E-state index >= 15 is 0 Å². The number of hydrogen-bond donors (Lipinski definition) is 3. The van der Waals surface area contributed by atoms with E-state index in [0.29, 0.717) is 12.2 Å². The van der Waals surface area contributed by atoms with Gasteiger partial charge in [0, 0.05) is 12.1 Å². The zero-order valence-corrected chi connectivity index (χ0v) is 13.9. The Bertz CT molecular complexity index is 971. The van der Waals surface area contributed by atoms with E-state index in [1.54, 1.807) is 12.1 Å². The molecule has 2 heterocycles. The van der Waals surface area contributed by atoms with Gasteiger partial charge in [-0.1, -0.05) is 12.1 Å². The highest BCUT2D eigenvalue weighted by molar-refractivity contribution is 5.54. The number of alkyl halides is 3. The maximum absolute atomic E-state index is 12.8. The zero-order valence-electron chi connectivity index (χ0n) is 13.9. The Labute approximate surface area is 152 Å². The first-order chi connectivity index (χ1) is 12.9. The van der Waals surface area contributed by atoms with E-state index in [-0.39, 0.29) is 17.5 Å². The van der Waals surface area contributed by atoms with Gasteiger partial charge < -0.3 is 15.2 Å². The summed E-state index contributed by atoms with van der Waals surface area (Å²) < 4.78 is 43.8. The van der Waals surface area contributed by atoms with Crippen LogP contribution >= 0.6 is 0 Å². The molecule has 1 atom stereocenters. The third kappa shape index (κ3) is 3.59. The number of nitrogens with zero attached hydrogens (tertiary/aromatic N) is 2. The van der Waals surface area contributed by atoms with Crippen LogP contribution in [0.25, 0.3) is 0 Å². The molecule has 9 heteroatoms. The molecule has 1 aliphatic rings. The Hall–Kier alpha value is -3.07. The highest BCUT2D eigenvalue weighted by Gasteiger charge is 2.30. The molecule has 1 aliphatic heterocycles. The maximum Gasteiger partial charge on any atom is 0.416 e. The van der Waals surface area contributed by atoms with E-state index < -0.39 is 17.8 Å². The van der Waals surface area contributed by atoms with Gasteiger partial charge >= 0.3 is 6.18 Å². The summed E-state index contributed by atoms with van der Waals surface area (Å²) in [7, 11) is 0. The second-order valence-corrected chi connectivity index (χ2v) is 6.12. The van der Waals surface area contributed by atoms with E-state index in [0.717, 1.165) is 29.9 Å². The van der Waals surface area contributed by atoms with Crippen LogP contribution in [0.1, 0.15) is 28.6 Å². The van der Waals surface area contributed by atoms with Gasteiger partial charge in [0.2, 0.25) is 5.95 Å². The molecule has 0 saturated heterocycles. The first-order valence-corrected chi connectivity index (χ1v) is 8.20. The molecule has 3 N–H and O–H groups in total. The molecular weight excluding hydrogens is 361 g/mol. The van der Waals surface area contributed by atoms with E-state index in [1.165, 1.54) is 12.1 Å². The SMILES string of the molecule is OC(c1ccc2c(c1)CCO2)c1nc(Nc2cccc(C(F)(F)F)c2)n[nH]1. The standard InChI is InChI=1S/C18H15F3N4O2/c19-18(20,21)12-2-1-3-13(9-12)22-17-23-16(24-25-17)15(26)11-4-5-14-10(8-11)6-7-27-14/h1-5,8-9,15,26H,6-7H2,(H2,22,23,24,25). The minimum Gasteiger partial charge on any atom is -0.493 e. The highest BCUT2D eigenvalue weighted by Crippen LogP contribution is 2.32. The van der Waals surface area contributed by atoms with Crippen molar-refractivity contribution in [3.8, 4) is 5.75 Å². The summed E-state index contributed by atoms with van der Waals surface area (Å²) in [6, 6.07) is 10.1. The second-order valence-electron chi connectivity index (χ2n) is 6.12. The summed E-state index contributed by atoms with van der Waals surface area (Å²) in [5, 5.41) is 19.7. The Balaban J connectivity index is 1.52. The lowest BCUT2D eigenvalue weighted by Crippen LogP contribution is -2.05. The molecule has 1 unspecified atom stereocenters. The monoisotopic (exact) mass is 376 g/mol. The van der Waals surface area contributed by atoms with Crippen molar-refractivity contribution < 1.29 is 23.0 Å². The average Bonchev–Trinajstić information content (AvgIpc) is 3.29. The number of H-pyrrole nitrogens is 1. The van der Waals surface area contributed by atoms with E-state index in [9.17, 15) is 18.3 Å². The molecular formula is C18H15F3N4O2. The van der Waals surface area contributed by atoms with Gasteiger partial charge in [-0.05, 0) is 41.5 Å². The molecule has 4 rings (SSSR count). The quantitative estimate of drug-likeness (QED) is 0.648. The molecule has 27 heavy (non-hydrogen) atoms. The summed E-state index contributed by atoms with van der Waals surface area (Å²) in [4.78, 5) is 4.13. The van der Waals surface area contributed by atoms with Crippen LogP contribution in [0.2, 0.25) is 0 Å². The smallest absolute Gasteiger partial charge is 0.416 e. The Morgan fingerprint density at radius 1 is 1.19 bits per heavy atom. The summed E-state index contributed by atoms with van der Waals surface area (Å²) in [5.41, 5.74) is 1.05. The van der Waals surface area contributed by atoms with Crippen molar-refractivity contribution in [2.24, 2.45) is 0 Å². The van der Waals surface area contributed by atoms with Gasteiger partial charge in [-0.25, -0.2) is 0 Å². The van der Waals surface area contributed by atoms with Gasteiger partial charge in [0.1, 0.15) is 11.9 Å². The van der Waals surface area contributed by atoms with Crippen LogP contribution < -0.4 is 10.1 Å². The normalized spacial score (nSPS) is 14.5. The van der Waals surface area contributed by atoms with Crippen LogP contribution in [0.5, 0.6) is 5.75 Å². The number of aliphatic hydroxyl groups excluding tert-OH is 1. The lowest BCUT2D eigenvalue weighted by Gasteiger charge is -2.09. The van der Waals surface area contributed by atoms with E-state index in [1.807, 2.05) is 6.07 Å². The summed E-state index contributed by atoms with van der Waals surface area (Å²) in [6.45, 7) is 0.613. The molecule has 140 valence electrons. The third-order valence-corrected chi connectivity index (χ3v) is 4.24. The van der Waals surface area contributed by atoms with Crippen molar-refractivity contribution in [3.63, 3.8) is 0 Å². The molecule has 0 radical (unpaired) electrons. The number of rotatable bonds is 4. The van der Waals surface area contributed by atoms with Gasteiger partial charge in [0.15, 0.2) is 5.82 Å². The van der Waals surface area contributed by atoms with Crippen molar-refractivity contribution in [3.05, 3.63) is 65.0 Å². The first kappa shape index (κ1) is 17.3. The number of anilines is 2. The number of hydrogen-bond acceptors (Lipinski definition) is 5. The topological polar surface area (TPSA) is 83.1 Å². The average molecular weight is 376 g/mol. The lowest BCUT2D eigenvalue weighted by atomic mass is 10.0. The molecule has 0 fully saturated rings. The van der Waals surface area contributed by atoms with Gasteiger partial charge in [0.05, 0.1) is 12.2 Å². The van der Waals surface area contributed by atoms with Gasteiger partial charge in [-0.15, -0.1) is 5.10 Å². The van der Waals surface area contributed by atoms with Crippen LogP contribution in [-0.4, -0.2) is 26.9 Å². The molecule has 0 bridgehead atoms. The van der Waals surface area contributed by atoms with Crippen molar-refractivity contribution in [1.82, 2.24) is 15.2 Å². The van der Waals surface area contributed by atoms with Crippen LogP contribution in [0.4, 0.5) is 24.8 Å². The molecule has 3 aromatic rings. The Kier molecular flexibility index (Phi) is 4.23. The molecule has 0 saturated carbocycles. The first-order valence-electron chi connectivity index (χ1n) is 8.20. The number of ether oxygens (including phenoxy) is 1. The molecule has 1 aromatic heterocycles. The molecule has 2 aromatic carbocycles. The highest BCUT2D eigenvalue weighted by atomic mass is 19.4. The fourth-order valence-electron chi connectivity index (χ4n) is 2.89. The minimum absolute atomic E-state index is 0.0628. The fourth-order valence-corrected chi connectivity index (χ4v) is 2.89. The van der Waals surface area contributed by atoms with Crippen molar-refractivity contribution >= 4 is 11.6 Å². The number of nitrogens with one attached hydrogen (secondary N) is 2. The van der Waals surface area contributed by atoms with Gasteiger partial charge in [-0.3, -0.25) is 5.10 Å². The molecule has 0 amide bonds. The molecule has 0 aliphatic carbocycles. The Morgan fingerprint density at radius 2 is 2.04 bits per heavy atom. The molecule has 6 nitrogen and oxygen atoms in total. The van der Waals surface area contributed by atoms with E-state index in [4.69, 9.17) is 4.74 Å². The largest absolute Gasteiger partial charge is 0.493 e. The number of aromatic nitrogens is 3.